The maximum absolute atomic E-state index is 10.00. The molecule has 0 atom stereocenters. The van der Waals surface area contributed by atoms with Crippen LogP contribution in [0.15, 0.2) is 24.3 Å². The molecule has 0 aliphatic heterocycles. The molecule has 2 aromatic carbocycles. The van der Waals surface area contributed by atoms with Crippen LogP contribution < -0.4 is 14.2 Å². The molecule has 0 saturated carbocycles. The molecule has 0 saturated heterocycles. The Labute approximate surface area is 124 Å². The molecule has 0 spiro atoms. The molecule has 0 fully saturated rings. The van der Waals surface area contributed by atoms with Crippen LogP contribution in [0.2, 0.25) is 0 Å². The average molecular weight is 288 g/mol. The molecule has 2 rings (SSSR count). The zero-order valence-electron chi connectivity index (χ0n) is 13.0. The van der Waals surface area contributed by atoms with Crippen LogP contribution in [0, 0.1) is 13.8 Å². The fourth-order valence-electron chi connectivity index (χ4n) is 2.37. The zero-order valence-corrected chi connectivity index (χ0v) is 13.0. The van der Waals surface area contributed by atoms with Crippen molar-refractivity contribution in [1.29, 1.82) is 0 Å². The Morgan fingerprint density at radius 3 is 1.71 bits per heavy atom. The van der Waals surface area contributed by atoms with Gasteiger partial charge < -0.3 is 19.3 Å². The van der Waals surface area contributed by atoms with Gasteiger partial charge in [-0.25, -0.2) is 0 Å². The molecule has 0 bridgehead atoms. The number of aryl methyl sites for hydroxylation is 2. The first-order valence-corrected chi connectivity index (χ1v) is 6.62. The lowest BCUT2D eigenvalue weighted by Gasteiger charge is -2.15. The van der Waals surface area contributed by atoms with Gasteiger partial charge in [-0.15, -0.1) is 0 Å². The summed E-state index contributed by atoms with van der Waals surface area (Å²) in [6, 6.07) is 7.65. The van der Waals surface area contributed by atoms with E-state index < -0.39 is 0 Å². The van der Waals surface area contributed by atoms with Crippen LogP contribution in [0.1, 0.15) is 11.1 Å². The van der Waals surface area contributed by atoms with E-state index >= 15 is 0 Å². The molecule has 0 aliphatic rings. The van der Waals surface area contributed by atoms with E-state index in [1.54, 1.807) is 19.2 Å². The highest BCUT2D eigenvalue weighted by atomic mass is 16.5. The van der Waals surface area contributed by atoms with Crippen LogP contribution in [0.25, 0.3) is 11.1 Å². The summed E-state index contributed by atoms with van der Waals surface area (Å²) in [5.74, 6) is 1.63. The third-order valence-corrected chi connectivity index (χ3v) is 3.53. The highest BCUT2D eigenvalue weighted by Crippen LogP contribution is 2.41. The lowest BCUT2D eigenvalue weighted by molar-refractivity contribution is 0.340. The first-order chi connectivity index (χ1) is 10.0. The van der Waals surface area contributed by atoms with E-state index in [-0.39, 0.29) is 5.75 Å². The van der Waals surface area contributed by atoms with E-state index in [1.807, 2.05) is 19.9 Å². The smallest absolute Gasteiger partial charge is 0.200 e. The minimum Gasteiger partial charge on any atom is -0.502 e. The van der Waals surface area contributed by atoms with Crippen molar-refractivity contribution in [3.05, 3.63) is 35.4 Å². The molecule has 4 heteroatoms. The summed E-state index contributed by atoms with van der Waals surface area (Å²) in [6.45, 7) is 4.01. The number of phenols is 1. The number of aromatic hydroxyl groups is 1. The number of ether oxygens (including phenoxy) is 3. The molecule has 2 aromatic rings. The lowest BCUT2D eigenvalue weighted by atomic mass is 9.97. The fraction of sp³-hybridized carbons (Fsp3) is 0.294. The minimum absolute atomic E-state index is 0.00615. The third-order valence-electron chi connectivity index (χ3n) is 3.53. The number of hydrogen-bond donors (Lipinski definition) is 1. The molecule has 112 valence electrons. The summed E-state index contributed by atoms with van der Waals surface area (Å²) in [5.41, 5.74) is 4.09. The van der Waals surface area contributed by atoms with E-state index in [2.05, 4.69) is 6.07 Å². The Kier molecular flexibility index (Phi) is 4.26. The Balaban J connectivity index is 2.64. The lowest BCUT2D eigenvalue weighted by Crippen LogP contribution is -1.94. The van der Waals surface area contributed by atoms with Crippen molar-refractivity contribution in [2.45, 2.75) is 13.8 Å². The van der Waals surface area contributed by atoms with E-state index in [4.69, 9.17) is 14.2 Å². The van der Waals surface area contributed by atoms with Crippen molar-refractivity contribution in [2.75, 3.05) is 21.3 Å². The highest BCUT2D eigenvalue weighted by Gasteiger charge is 2.14. The van der Waals surface area contributed by atoms with Crippen LogP contribution >= 0.6 is 0 Å². The summed E-state index contributed by atoms with van der Waals surface area (Å²) >= 11 is 0. The van der Waals surface area contributed by atoms with Gasteiger partial charge in [0.25, 0.3) is 0 Å². The molecule has 0 aromatic heterocycles. The number of phenolic OH excluding ortho intramolecular Hbond substituents is 1. The average Bonchev–Trinajstić information content (AvgIpc) is 2.49. The monoisotopic (exact) mass is 288 g/mol. The van der Waals surface area contributed by atoms with Gasteiger partial charge in [0.05, 0.1) is 21.3 Å². The van der Waals surface area contributed by atoms with Crippen LogP contribution in [0.5, 0.6) is 23.0 Å². The molecule has 0 aliphatic carbocycles. The molecular weight excluding hydrogens is 268 g/mol. The molecular formula is C17H20O4. The summed E-state index contributed by atoms with van der Waals surface area (Å²) < 4.78 is 15.8. The molecule has 1 N–H and O–H groups in total. The van der Waals surface area contributed by atoms with Crippen molar-refractivity contribution in [1.82, 2.24) is 0 Å². The summed E-state index contributed by atoms with van der Waals surface area (Å²) in [4.78, 5) is 0. The standard InChI is InChI=1S/C17H20O4/c1-10-7-14(19-3)11(2)6-13(10)12-8-15(20-4)17(18)16(9-12)21-5/h6-9,18H,1-5H3. The van der Waals surface area contributed by atoms with Gasteiger partial charge in [0.15, 0.2) is 11.5 Å². The zero-order chi connectivity index (χ0) is 15.6. The van der Waals surface area contributed by atoms with E-state index in [0.717, 1.165) is 28.0 Å². The largest absolute Gasteiger partial charge is 0.502 e. The van der Waals surface area contributed by atoms with Gasteiger partial charge in [0.1, 0.15) is 5.75 Å². The van der Waals surface area contributed by atoms with Crippen LogP contribution in [0.4, 0.5) is 0 Å². The van der Waals surface area contributed by atoms with Gasteiger partial charge in [-0.3, -0.25) is 0 Å². The second-order valence-electron chi connectivity index (χ2n) is 4.87. The van der Waals surface area contributed by atoms with E-state index in [0.29, 0.717) is 11.5 Å². The number of hydrogen-bond acceptors (Lipinski definition) is 4. The predicted octanol–water partition coefficient (Wildman–Crippen LogP) is 3.70. The Morgan fingerprint density at radius 2 is 1.24 bits per heavy atom. The van der Waals surface area contributed by atoms with Gasteiger partial charge in [0.2, 0.25) is 5.75 Å². The van der Waals surface area contributed by atoms with Crippen molar-refractivity contribution < 1.29 is 19.3 Å². The van der Waals surface area contributed by atoms with E-state index in [9.17, 15) is 5.11 Å². The molecule has 4 nitrogen and oxygen atoms in total. The SMILES string of the molecule is COc1cc(C)c(-c2cc(OC)c(O)c(OC)c2)cc1C. The summed E-state index contributed by atoms with van der Waals surface area (Å²) in [5, 5.41) is 10.00. The molecule has 0 radical (unpaired) electrons. The van der Waals surface area contributed by atoms with Gasteiger partial charge >= 0.3 is 0 Å². The summed E-state index contributed by atoms with van der Waals surface area (Å²) in [6.07, 6.45) is 0. The van der Waals surface area contributed by atoms with Crippen molar-refractivity contribution in [2.24, 2.45) is 0 Å². The second kappa shape index (κ2) is 5.95. The van der Waals surface area contributed by atoms with Gasteiger partial charge in [-0.2, -0.15) is 0 Å². The Bertz CT molecular complexity index is 637. The molecule has 0 unspecified atom stereocenters. The van der Waals surface area contributed by atoms with Crippen LogP contribution in [-0.2, 0) is 0 Å². The fourth-order valence-corrected chi connectivity index (χ4v) is 2.37. The first kappa shape index (κ1) is 15.0. The van der Waals surface area contributed by atoms with Crippen molar-refractivity contribution in [3.63, 3.8) is 0 Å². The Hall–Kier alpha value is -2.36. The number of benzene rings is 2. The quantitative estimate of drug-likeness (QED) is 0.932. The number of methoxy groups -OCH3 is 3. The van der Waals surface area contributed by atoms with Gasteiger partial charge in [-0.1, -0.05) is 0 Å². The first-order valence-electron chi connectivity index (χ1n) is 6.62. The Morgan fingerprint density at radius 1 is 0.714 bits per heavy atom. The van der Waals surface area contributed by atoms with Crippen molar-refractivity contribution >= 4 is 0 Å². The maximum atomic E-state index is 10.00. The van der Waals surface area contributed by atoms with E-state index in [1.165, 1.54) is 14.2 Å². The minimum atomic E-state index is 0.00615. The van der Waals surface area contributed by atoms with Gasteiger partial charge in [0, 0.05) is 0 Å². The molecule has 0 amide bonds. The second-order valence-corrected chi connectivity index (χ2v) is 4.87. The van der Waals surface area contributed by atoms with Crippen LogP contribution in [-0.4, -0.2) is 26.4 Å². The normalized spacial score (nSPS) is 10.3. The third kappa shape index (κ3) is 2.75. The predicted molar refractivity (Wildman–Crippen MR) is 82.7 cm³/mol. The highest BCUT2D eigenvalue weighted by molar-refractivity contribution is 5.74. The van der Waals surface area contributed by atoms with Crippen molar-refractivity contribution in [3.8, 4) is 34.1 Å². The maximum Gasteiger partial charge on any atom is 0.200 e. The van der Waals surface area contributed by atoms with Gasteiger partial charge in [-0.05, 0) is 60.4 Å². The van der Waals surface area contributed by atoms with Crippen LogP contribution in [0.3, 0.4) is 0 Å². The topological polar surface area (TPSA) is 47.9 Å². The summed E-state index contributed by atoms with van der Waals surface area (Å²) in [7, 11) is 4.70. The molecule has 21 heavy (non-hydrogen) atoms. The molecule has 0 heterocycles. The number of rotatable bonds is 4.